The molecule has 0 amide bonds. The van der Waals surface area contributed by atoms with Gasteiger partial charge in [-0.05, 0) is 13.8 Å². The summed E-state index contributed by atoms with van der Waals surface area (Å²) in [4.78, 5) is 13.4. The number of hydrogen-bond acceptors (Lipinski definition) is 4. The summed E-state index contributed by atoms with van der Waals surface area (Å²) in [5, 5.41) is -0.309. The number of Topliss-reactive ketones (excluding diaryl/α,β-unsaturated/α-hetero) is 1. The lowest BCUT2D eigenvalue weighted by molar-refractivity contribution is -0.125. The van der Waals surface area contributed by atoms with E-state index in [0.29, 0.717) is 31.8 Å². The molecule has 5 heteroatoms. The van der Waals surface area contributed by atoms with Crippen LogP contribution in [-0.4, -0.2) is 49.7 Å². The molecule has 4 nitrogen and oxygen atoms in total. The number of rotatable bonds is 4. The van der Waals surface area contributed by atoms with Crippen molar-refractivity contribution in [3.05, 3.63) is 0 Å². The highest BCUT2D eigenvalue weighted by Crippen LogP contribution is 2.12. The number of piperidine rings is 1. The van der Waals surface area contributed by atoms with Crippen LogP contribution in [0.1, 0.15) is 27.2 Å². The SMILES string of the molecule is CC1CN(CCS(=O)(=O)C(C)C)CCC1=O. The predicted octanol–water partition coefficient (Wildman–Crippen LogP) is 0.720. The summed E-state index contributed by atoms with van der Waals surface area (Å²) in [7, 11) is -2.96. The molecular weight excluding hydrogens is 226 g/mol. The van der Waals surface area contributed by atoms with Gasteiger partial charge in [-0.2, -0.15) is 0 Å². The molecule has 1 fully saturated rings. The van der Waals surface area contributed by atoms with Crippen molar-refractivity contribution in [3.8, 4) is 0 Å². The Morgan fingerprint density at radius 1 is 1.44 bits per heavy atom. The van der Waals surface area contributed by atoms with Crippen molar-refractivity contribution in [1.29, 1.82) is 0 Å². The lowest BCUT2D eigenvalue weighted by Crippen LogP contribution is -2.42. The number of carbonyl (C=O) groups excluding carboxylic acids is 1. The molecule has 1 rings (SSSR count). The van der Waals surface area contributed by atoms with Gasteiger partial charge in [0.15, 0.2) is 9.84 Å². The maximum atomic E-state index is 11.6. The lowest BCUT2D eigenvalue weighted by Gasteiger charge is -2.29. The number of carbonyl (C=O) groups is 1. The fourth-order valence-corrected chi connectivity index (χ4v) is 2.77. The average Bonchev–Trinajstić information content (AvgIpc) is 2.20. The van der Waals surface area contributed by atoms with Crippen molar-refractivity contribution in [1.82, 2.24) is 4.90 Å². The van der Waals surface area contributed by atoms with E-state index >= 15 is 0 Å². The van der Waals surface area contributed by atoms with Crippen LogP contribution in [-0.2, 0) is 14.6 Å². The van der Waals surface area contributed by atoms with Crippen LogP contribution in [0.15, 0.2) is 0 Å². The molecule has 1 aliphatic rings. The minimum Gasteiger partial charge on any atom is -0.301 e. The summed E-state index contributed by atoms with van der Waals surface area (Å²) < 4.78 is 23.3. The third kappa shape index (κ3) is 3.56. The molecule has 0 aromatic rings. The van der Waals surface area contributed by atoms with Gasteiger partial charge in [0.2, 0.25) is 0 Å². The quantitative estimate of drug-likeness (QED) is 0.734. The van der Waals surface area contributed by atoms with E-state index in [-0.39, 0.29) is 16.9 Å². The summed E-state index contributed by atoms with van der Waals surface area (Å²) in [6.07, 6.45) is 0.558. The van der Waals surface area contributed by atoms with Crippen LogP contribution < -0.4 is 0 Å². The molecule has 1 aliphatic heterocycles. The van der Waals surface area contributed by atoms with Crippen LogP contribution in [0.3, 0.4) is 0 Å². The highest BCUT2D eigenvalue weighted by molar-refractivity contribution is 7.92. The molecule has 0 radical (unpaired) electrons. The molecule has 1 atom stereocenters. The van der Waals surface area contributed by atoms with E-state index in [1.165, 1.54) is 0 Å². The van der Waals surface area contributed by atoms with Crippen molar-refractivity contribution in [2.24, 2.45) is 5.92 Å². The van der Waals surface area contributed by atoms with Crippen molar-refractivity contribution < 1.29 is 13.2 Å². The Morgan fingerprint density at radius 3 is 2.56 bits per heavy atom. The Kier molecular flexibility index (Phi) is 4.50. The second-order valence-electron chi connectivity index (χ2n) is 4.83. The highest BCUT2D eigenvalue weighted by atomic mass is 32.2. The normalized spacial score (nSPS) is 24.0. The lowest BCUT2D eigenvalue weighted by atomic mass is 9.99. The third-order valence-electron chi connectivity index (χ3n) is 3.17. The van der Waals surface area contributed by atoms with Gasteiger partial charge >= 0.3 is 0 Å². The summed E-state index contributed by atoms with van der Waals surface area (Å²) in [5.74, 6) is 0.546. The van der Waals surface area contributed by atoms with Gasteiger partial charge in [0.1, 0.15) is 5.78 Å². The zero-order valence-electron chi connectivity index (χ0n) is 10.3. The van der Waals surface area contributed by atoms with Crippen LogP contribution >= 0.6 is 0 Å². The molecule has 0 spiro atoms. The molecule has 94 valence electrons. The fourth-order valence-electron chi connectivity index (χ4n) is 1.79. The molecule has 0 saturated carbocycles. The largest absolute Gasteiger partial charge is 0.301 e. The van der Waals surface area contributed by atoms with Gasteiger partial charge in [-0.25, -0.2) is 8.42 Å². The number of ketones is 1. The summed E-state index contributed by atoms with van der Waals surface area (Å²) in [5.41, 5.74) is 0. The predicted molar refractivity (Wildman–Crippen MR) is 64.2 cm³/mol. The zero-order chi connectivity index (χ0) is 12.3. The molecule has 0 aromatic carbocycles. The Labute approximate surface area is 97.9 Å². The van der Waals surface area contributed by atoms with Gasteiger partial charge in [0, 0.05) is 32.0 Å². The van der Waals surface area contributed by atoms with Crippen molar-refractivity contribution in [3.63, 3.8) is 0 Å². The number of sulfone groups is 1. The number of hydrogen-bond donors (Lipinski definition) is 0. The Hall–Kier alpha value is -0.420. The molecule has 1 unspecified atom stereocenters. The smallest absolute Gasteiger partial charge is 0.153 e. The zero-order valence-corrected chi connectivity index (χ0v) is 11.1. The van der Waals surface area contributed by atoms with Crippen LogP contribution in [0.4, 0.5) is 0 Å². The van der Waals surface area contributed by atoms with E-state index in [2.05, 4.69) is 4.90 Å². The van der Waals surface area contributed by atoms with Crippen LogP contribution in [0.2, 0.25) is 0 Å². The molecule has 1 heterocycles. The third-order valence-corrected chi connectivity index (χ3v) is 5.35. The minimum atomic E-state index is -2.96. The minimum absolute atomic E-state index is 0.0514. The first kappa shape index (κ1) is 13.6. The van der Waals surface area contributed by atoms with Crippen LogP contribution in [0, 0.1) is 5.92 Å². The molecule has 0 aromatic heterocycles. The first-order chi connectivity index (χ1) is 7.33. The van der Waals surface area contributed by atoms with Gasteiger partial charge in [0.05, 0.1) is 11.0 Å². The standard InChI is InChI=1S/C11H21NO3S/c1-9(2)16(14,15)7-6-12-5-4-11(13)10(3)8-12/h9-10H,4-8H2,1-3H3. The second kappa shape index (κ2) is 5.27. The van der Waals surface area contributed by atoms with Crippen molar-refractivity contribution in [2.45, 2.75) is 32.4 Å². The van der Waals surface area contributed by atoms with Gasteiger partial charge in [0.25, 0.3) is 0 Å². The first-order valence-corrected chi connectivity index (χ1v) is 7.51. The van der Waals surface area contributed by atoms with E-state index in [1.54, 1.807) is 13.8 Å². The molecule has 1 saturated heterocycles. The van der Waals surface area contributed by atoms with Crippen molar-refractivity contribution >= 4 is 15.6 Å². The first-order valence-electron chi connectivity index (χ1n) is 5.79. The van der Waals surface area contributed by atoms with E-state index < -0.39 is 9.84 Å². The Balaban J connectivity index is 2.43. The Morgan fingerprint density at radius 2 is 2.06 bits per heavy atom. The molecule has 0 bridgehead atoms. The van der Waals surface area contributed by atoms with E-state index in [1.807, 2.05) is 6.92 Å². The van der Waals surface area contributed by atoms with E-state index in [4.69, 9.17) is 0 Å². The fraction of sp³-hybridized carbons (Fsp3) is 0.909. The summed E-state index contributed by atoms with van der Waals surface area (Å²) >= 11 is 0. The molecule has 0 N–H and O–H groups in total. The summed E-state index contributed by atoms with van der Waals surface area (Å²) in [6, 6.07) is 0. The van der Waals surface area contributed by atoms with Crippen LogP contribution in [0.5, 0.6) is 0 Å². The van der Waals surface area contributed by atoms with Gasteiger partial charge in [-0.3, -0.25) is 4.79 Å². The molecular formula is C11H21NO3S. The second-order valence-corrected chi connectivity index (χ2v) is 7.51. The molecule has 16 heavy (non-hydrogen) atoms. The maximum absolute atomic E-state index is 11.6. The molecule has 0 aliphatic carbocycles. The average molecular weight is 247 g/mol. The van der Waals surface area contributed by atoms with E-state index in [0.717, 1.165) is 0 Å². The van der Waals surface area contributed by atoms with Crippen LogP contribution in [0.25, 0.3) is 0 Å². The number of nitrogens with zero attached hydrogens (tertiary/aromatic N) is 1. The number of likely N-dealkylation sites (tertiary alicyclic amines) is 1. The highest BCUT2D eigenvalue weighted by Gasteiger charge is 2.25. The Bertz CT molecular complexity index is 348. The van der Waals surface area contributed by atoms with E-state index in [9.17, 15) is 13.2 Å². The maximum Gasteiger partial charge on any atom is 0.153 e. The summed E-state index contributed by atoms with van der Waals surface area (Å²) in [6.45, 7) is 7.28. The monoisotopic (exact) mass is 247 g/mol. The van der Waals surface area contributed by atoms with Gasteiger partial charge in [-0.15, -0.1) is 0 Å². The van der Waals surface area contributed by atoms with Gasteiger partial charge < -0.3 is 4.90 Å². The topological polar surface area (TPSA) is 54.5 Å². The van der Waals surface area contributed by atoms with Crippen molar-refractivity contribution in [2.75, 3.05) is 25.4 Å². The van der Waals surface area contributed by atoms with Gasteiger partial charge in [-0.1, -0.05) is 6.92 Å².